The van der Waals surface area contributed by atoms with Gasteiger partial charge < -0.3 is 14.2 Å². The third-order valence-corrected chi connectivity index (χ3v) is 4.51. The highest BCUT2D eigenvalue weighted by atomic mass is 16.5. The first-order valence-electron chi connectivity index (χ1n) is 8.97. The van der Waals surface area contributed by atoms with Gasteiger partial charge in [0.1, 0.15) is 11.5 Å². The molecule has 1 amide bonds. The number of benzene rings is 2. The lowest BCUT2D eigenvalue weighted by atomic mass is 10.1. The van der Waals surface area contributed by atoms with Gasteiger partial charge in [0.15, 0.2) is 6.10 Å². The molecule has 0 aliphatic heterocycles. The van der Waals surface area contributed by atoms with Crippen LogP contribution in [0.4, 0.5) is 5.69 Å². The van der Waals surface area contributed by atoms with Crippen molar-refractivity contribution in [1.29, 1.82) is 0 Å². The molecule has 2 aromatic carbocycles. The number of hydrogen-bond donors (Lipinski definition) is 0. The average molecular weight is 364 g/mol. The molecule has 5 heteroatoms. The summed E-state index contributed by atoms with van der Waals surface area (Å²) in [6.07, 6.45) is -0.631. The van der Waals surface area contributed by atoms with E-state index < -0.39 is 6.10 Å². The minimum Gasteiger partial charge on any atom is -0.481 e. The van der Waals surface area contributed by atoms with E-state index >= 15 is 0 Å². The smallest absolute Gasteiger partial charge is 0.268 e. The largest absolute Gasteiger partial charge is 0.481 e. The summed E-state index contributed by atoms with van der Waals surface area (Å²) in [5, 5.41) is 4.00. The molecule has 1 aromatic heterocycles. The van der Waals surface area contributed by atoms with Gasteiger partial charge >= 0.3 is 0 Å². The fourth-order valence-electron chi connectivity index (χ4n) is 2.88. The van der Waals surface area contributed by atoms with Crippen LogP contribution in [0.3, 0.4) is 0 Å². The third-order valence-electron chi connectivity index (χ3n) is 4.51. The highest BCUT2D eigenvalue weighted by molar-refractivity contribution is 5.96. The molecule has 3 rings (SSSR count). The quantitative estimate of drug-likeness (QED) is 0.641. The van der Waals surface area contributed by atoms with Crippen molar-refractivity contribution in [2.75, 3.05) is 4.90 Å². The Morgan fingerprint density at radius 3 is 2.33 bits per heavy atom. The highest BCUT2D eigenvalue weighted by Gasteiger charge is 2.26. The number of hydrogen-bond acceptors (Lipinski definition) is 4. The molecule has 0 N–H and O–H groups in total. The van der Waals surface area contributed by atoms with Crippen molar-refractivity contribution in [1.82, 2.24) is 5.16 Å². The van der Waals surface area contributed by atoms with Crippen molar-refractivity contribution in [2.24, 2.45) is 0 Å². The van der Waals surface area contributed by atoms with Gasteiger partial charge in [0.05, 0.1) is 12.2 Å². The lowest BCUT2D eigenvalue weighted by Gasteiger charge is -2.26. The van der Waals surface area contributed by atoms with Crippen LogP contribution < -0.4 is 9.64 Å². The van der Waals surface area contributed by atoms with Gasteiger partial charge in [0.2, 0.25) is 0 Å². The number of aromatic nitrogens is 1. The van der Waals surface area contributed by atoms with Crippen molar-refractivity contribution in [3.63, 3.8) is 0 Å². The Morgan fingerprint density at radius 1 is 1.07 bits per heavy atom. The van der Waals surface area contributed by atoms with E-state index in [4.69, 9.17) is 9.26 Å². The fourth-order valence-corrected chi connectivity index (χ4v) is 2.88. The second-order valence-electron chi connectivity index (χ2n) is 6.64. The minimum absolute atomic E-state index is 0.123. The lowest BCUT2D eigenvalue weighted by Crippen LogP contribution is -2.40. The van der Waals surface area contributed by atoms with Crippen molar-refractivity contribution in [3.8, 4) is 5.75 Å². The van der Waals surface area contributed by atoms with Crippen LogP contribution in [0.2, 0.25) is 0 Å². The first kappa shape index (κ1) is 18.7. The van der Waals surface area contributed by atoms with E-state index in [-0.39, 0.29) is 5.91 Å². The maximum atomic E-state index is 13.2. The molecule has 1 heterocycles. The van der Waals surface area contributed by atoms with Gasteiger partial charge in [0, 0.05) is 11.3 Å². The summed E-state index contributed by atoms with van der Waals surface area (Å²) in [5.41, 5.74) is 3.65. The van der Waals surface area contributed by atoms with Crippen LogP contribution >= 0.6 is 0 Å². The van der Waals surface area contributed by atoms with E-state index in [1.807, 2.05) is 75.4 Å². The lowest BCUT2D eigenvalue weighted by molar-refractivity contribution is -0.124. The Labute approximate surface area is 159 Å². The van der Waals surface area contributed by atoms with Gasteiger partial charge in [0.25, 0.3) is 5.91 Å². The number of aryl methyl sites for hydroxylation is 3. The Balaban J connectivity index is 1.85. The molecule has 0 fully saturated rings. The summed E-state index contributed by atoms with van der Waals surface area (Å²) in [6.45, 7) is 7.90. The predicted octanol–water partition coefficient (Wildman–Crippen LogP) is 4.60. The molecule has 1 atom stereocenters. The number of para-hydroxylation sites is 1. The molecule has 0 saturated carbocycles. The molecule has 5 nitrogen and oxygen atoms in total. The Hall–Kier alpha value is -3.08. The zero-order chi connectivity index (χ0) is 19.4. The van der Waals surface area contributed by atoms with Gasteiger partial charge in [-0.1, -0.05) is 41.1 Å². The van der Waals surface area contributed by atoms with E-state index in [0.29, 0.717) is 18.1 Å². The fraction of sp³-hybridized carbons (Fsp3) is 0.273. The summed E-state index contributed by atoms with van der Waals surface area (Å²) >= 11 is 0. The summed E-state index contributed by atoms with van der Waals surface area (Å²) in [7, 11) is 0. The summed E-state index contributed by atoms with van der Waals surface area (Å²) in [5.74, 6) is 1.27. The first-order chi connectivity index (χ1) is 13.0. The van der Waals surface area contributed by atoms with E-state index in [2.05, 4.69) is 5.16 Å². The van der Waals surface area contributed by atoms with Gasteiger partial charge in [-0.25, -0.2) is 0 Å². The molecule has 0 saturated heterocycles. The van der Waals surface area contributed by atoms with Gasteiger partial charge in [-0.15, -0.1) is 0 Å². The van der Waals surface area contributed by atoms with E-state index in [0.717, 1.165) is 22.5 Å². The van der Waals surface area contributed by atoms with E-state index in [1.165, 1.54) is 0 Å². The van der Waals surface area contributed by atoms with E-state index in [9.17, 15) is 4.79 Å². The maximum absolute atomic E-state index is 13.2. The second-order valence-corrected chi connectivity index (χ2v) is 6.64. The number of carbonyl (C=O) groups is 1. The minimum atomic E-state index is -0.631. The number of amides is 1. The standard InChI is InChI=1S/C22H24N2O3/c1-15-10-12-20(13-11-15)26-18(4)22(25)24(19-8-6-5-7-9-19)14-21-16(2)23-27-17(21)3/h5-13,18H,14H2,1-4H3/t18-/m1/s1. The summed E-state index contributed by atoms with van der Waals surface area (Å²) < 4.78 is 11.1. The van der Waals surface area contributed by atoms with Crippen molar-refractivity contribution >= 4 is 11.6 Å². The Bertz CT molecular complexity index is 882. The summed E-state index contributed by atoms with van der Waals surface area (Å²) in [4.78, 5) is 14.9. The zero-order valence-corrected chi connectivity index (χ0v) is 16.1. The molecule has 0 bridgehead atoms. The topological polar surface area (TPSA) is 55.6 Å². The van der Waals surface area contributed by atoms with Gasteiger partial charge in [-0.3, -0.25) is 4.79 Å². The normalized spacial score (nSPS) is 11.9. The predicted molar refractivity (Wildman–Crippen MR) is 105 cm³/mol. The van der Waals surface area contributed by atoms with Crippen molar-refractivity contribution in [3.05, 3.63) is 77.2 Å². The molecular weight excluding hydrogens is 340 g/mol. The molecule has 0 radical (unpaired) electrons. The number of anilines is 1. The molecule has 0 aliphatic carbocycles. The Kier molecular flexibility index (Phi) is 5.60. The van der Waals surface area contributed by atoms with Crippen LogP contribution in [0.15, 0.2) is 59.1 Å². The van der Waals surface area contributed by atoms with Crippen LogP contribution in [0.25, 0.3) is 0 Å². The molecular formula is C22H24N2O3. The van der Waals surface area contributed by atoms with Crippen molar-refractivity contribution in [2.45, 2.75) is 40.3 Å². The number of rotatable bonds is 6. The molecule has 140 valence electrons. The molecule has 27 heavy (non-hydrogen) atoms. The number of carbonyl (C=O) groups excluding carboxylic acids is 1. The zero-order valence-electron chi connectivity index (χ0n) is 16.1. The molecule has 0 aliphatic rings. The molecule has 3 aromatic rings. The van der Waals surface area contributed by atoms with Crippen LogP contribution in [-0.4, -0.2) is 17.2 Å². The molecule has 0 unspecified atom stereocenters. The van der Waals surface area contributed by atoms with Crippen LogP contribution in [0.1, 0.15) is 29.5 Å². The summed E-state index contributed by atoms with van der Waals surface area (Å²) in [6, 6.07) is 17.2. The second kappa shape index (κ2) is 8.08. The number of ether oxygens (including phenoxy) is 1. The van der Waals surface area contributed by atoms with Crippen LogP contribution in [0, 0.1) is 20.8 Å². The number of nitrogens with zero attached hydrogens (tertiary/aromatic N) is 2. The first-order valence-corrected chi connectivity index (χ1v) is 8.97. The third kappa shape index (κ3) is 4.37. The monoisotopic (exact) mass is 364 g/mol. The molecule has 0 spiro atoms. The van der Waals surface area contributed by atoms with E-state index in [1.54, 1.807) is 11.8 Å². The van der Waals surface area contributed by atoms with Crippen LogP contribution in [0.5, 0.6) is 5.75 Å². The van der Waals surface area contributed by atoms with Crippen LogP contribution in [-0.2, 0) is 11.3 Å². The van der Waals surface area contributed by atoms with Gasteiger partial charge in [-0.2, -0.15) is 0 Å². The SMILES string of the molecule is Cc1ccc(O[C@H](C)C(=O)N(Cc2c(C)noc2C)c2ccccc2)cc1. The average Bonchev–Trinajstić information content (AvgIpc) is 2.99. The maximum Gasteiger partial charge on any atom is 0.268 e. The van der Waals surface area contributed by atoms with Crippen molar-refractivity contribution < 1.29 is 14.1 Å². The highest BCUT2D eigenvalue weighted by Crippen LogP contribution is 2.23. The Morgan fingerprint density at radius 2 is 1.74 bits per heavy atom. The van der Waals surface area contributed by atoms with Gasteiger partial charge in [-0.05, 0) is 52.0 Å².